The van der Waals surface area contributed by atoms with Crippen LogP contribution < -0.4 is 5.32 Å². The zero-order valence-corrected chi connectivity index (χ0v) is 11.6. The molecule has 5 nitrogen and oxygen atoms in total. The molecule has 102 valence electrons. The normalized spacial score (nSPS) is 10.1. The number of amides is 1. The molecule has 3 aromatic rings. The summed E-state index contributed by atoms with van der Waals surface area (Å²) in [5, 5.41) is 2.85. The molecule has 0 bridgehead atoms. The van der Waals surface area contributed by atoms with Crippen molar-refractivity contribution < 1.29 is 4.79 Å². The summed E-state index contributed by atoms with van der Waals surface area (Å²) < 4.78 is 0. The monoisotopic (exact) mass is 288 g/mol. The molecule has 0 aliphatic rings. The van der Waals surface area contributed by atoms with Crippen LogP contribution in [0.25, 0.3) is 11.0 Å². The van der Waals surface area contributed by atoms with Crippen LogP contribution in [0.1, 0.15) is 16.2 Å². The van der Waals surface area contributed by atoms with E-state index >= 15 is 0 Å². The summed E-state index contributed by atoms with van der Waals surface area (Å²) in [7, 11) is 0. The summed E-state index contributed by atoms with van der Waals surface area (Å²) >= 11 is 0. The number of anilines is 1. The molecule has 2 N–H and O–H groups in total. The molecular weight excluding hydrogens is 276 g/mol. The first kappa shape index (κ1) is 14.0. The number of aromatic amines is 1. The maximum atomic E-state index is 12.0. The predicted octanol–water partition coefficient (Wildman–Crippen LogP) is 2.94. The third kappa shape index (κ3) is 2.78. The lowest BCUT2D eigenvalue weighted by Crippen LogP contribution is -2.11. The number of rotatable bonds is 2. The minimum atomic E-state index is -0.155. The van der Waals surface area contributed by atoms with E-state index in [1.54, 1.807) is 24.5 Å². The molecule has 2 heterocycles. The Balaban J connectivity index is 0.00000147. The highest BCUT2D eigenvalue weighted by molar-refractivity contribution is 6.04. The number of nitrogens with zero attached hydrogens (tertiary/aromatic N) is 2. The van der Waals surface area contributed by atoms with Crippen molar-refractivity contribution in [2.75, 3.05) is 5.32 Å². The van der Waals surface area contributed by atoms with Gasteiger partial charge in [0.1, 0.15) is 5.82 Å². The molecule has 0 unspecified atom stereocenters. The second kappa shape index (κ2) is 5.71. The predicted molar refractivity (Wildman–Crippen MR) is 80.3 cm³/mol. The molecule has 2 aromatic heterocycles. The first-order chi connectivity index (χ1) is 9.22. The van der Waals surface area contributed by atoms with Gasteiger partial charge < -0.3 is 10.3 Å². The number of benzene rings is 1. The highest BCUT2D eigenvalue weighted by atomic mass is 35.5. The van der Waals surface area contributed by atoms with Crippen LogP contribution in [-0.4, -0.2) is 20.9 Å². The summed E-state index contributed by atoms with van der Waals surface area (Å²) in [6.45, 7) is 1.90. The lowest BCUT2D eigenvalue weighted by molar-refractivity contribution is 0.102. The zero-order valence-electron chi connectivity index (χ0n) is 10.8. The molecule has 0 radical (unpaired) electrons. The van der Waals surface area contributed by atoms with Gasteiger partial charge in [0, 0.05) is 23.6 Å². The van der Waals surface area contributed by atoms with E-state index in [4.69, 9.17) is 0 Å². The van der Waals surface area contributed by atoms with Crippen LogP contribution in [0, 0.1) is 6.92 Å². The van der Waals surface area contributed by atoms with Crippen LogP contribution >= 0.6 is 12.4 Å². The van der Waals surface area contributed by atoms with E-state index in [0.29, 0.717) is 5.56 Å². The summed E-state index contributed by atoms with van der Waals surface area (Å²) in [4.78, 5) is 23.3. The fourth-order valence-corrected chi connectivity index (χ4v) is 1.92. The fourth-order valence-electron chi connectivity index (χ4n) is 1.92. The molecule has 0 fully saturated rings. The van der Waals surface area contributed by atoms with Crippen molar-refractivity contribution in [1.29, 1.82) is 0 Å². The Morgan fingerprint density at radius 3 is 2.70 bits per heavy atom. The van der Waals surface area contributed by atoms with Crippen molar-refractivity contribution in [3.63, 3.8) is 0 Å². The Bertz CT molecular complexity index is 739. The summed E-state index contributed by atoms with van der Waals surface area (Å²) in [6.07, 6.45) is 3.19. The standard InChI is InChI=1S/C14H12N4O.ClH/c1-9-16-12-3-2-11(8-13(12)17-9)18-14(19)10-4-6-15-7-5-10;/h2-8H,1H3,(H,16,17)(H,18,19);1H. The zero-order chi connectivity index (χ0) is 13.2. The van der Waals surface area contributed by atoms with Gasteiger partial charge in [-0.2, -0.15) is 0 Å². The summed E-state index contributed by atoms with van der Waals surface area (Å²) in [6, 6.07) is 8.93. The number of H-pyrrole nitrogens is 1. The van der Waals surface area contributed by atoms with Crippen LogP contribution in [0.5, 0.6) is 0 Å². The van der Waals surface area contributed by atoms with E-state index in [0.717, 1.165) is 22.5 Å². The molecule has 0 saturated carbocycles. The smallest absolute Gasteiger partial charge is 0.255 e. The quantitative estimate of drug-likeness (QED) is 0.761. The highest BCUT2D eigenvalue weighted by Gasteiger charge is 2.06. The van der Waals surface area contributed by atoms with Gasteiger partial charge in [-0.15, -0.1) is 12.4 Å². The fraction of sp³-hybridized carbons (Fsp3) is 0.0714. The minimum absolute atomic E-state index is 0. The maximum Gasteiger partial charge on any atom is 0.255 e. The summed E-state index contributed by atoms with van der Waals surface area (Å²) in [5.74, 6) is 0.700. The molecular formula is C14H13ClN4O. The van der Waals surface area contributed by atoms with Gasteiger partial charge in [-0.3, -0.25) is 9.78 Å². The van der Waals surface area contributed by atoms with Crippen molar-refractivity contribution in [3.8, 4) is 0 Å². The van der Waals surface area contributed by atoms with Gasteiger partial charge in [0.05, 0.1) is 11.0 Å². The van der Waals surface area contributed by atoms with Gasteiger partial charge in [0.25, 0.3) is 5.91 Å². The molecule has 0 aliphatic carbocycles. The van der Waals surface area contributed by atoms with E-state index in [1.807, 2.05) is 25.1 Å². The van der Waals surface area contributed by atoms with E-state index < -0.39 is 0 Å². The van der Waals surface area contributed by atoms with Crippen LogP contribution in [0.3, 0.4) is 0 Å². The largest absolute Gasteiger partial charge is 0.342 e. The average Bonchev–Trinajstić information content (AvgIpc) is 2.79. The van der Waals surface area contributed by atoms with Crippen LogP contribution in [-0.2, 0) is 0 Å². The Labute approximate surface area is 121 Å². The van der Waals surface area contributed by atoms with Gasteiger partial charge in [-0.25, -0.2) is 4.98 Å². The lowest BCUT2D eigenvalue weighted by Gasteiger charge is -2.04. The molecule has 1 amide bonds. The second-order valence-electron chi connectivity index (χ2n) is 4.24. The van der Waals surface area contributed by atoms with E-state index in [2.05, 4.69) is 20.3 Å². The molecule has 20 heavy (non-hydrogen) atoms. The molecule has 0 atom stereocenters. The summed E-state index contributed by atoms with van der Waals surface area (Å²) in [5.41, 5.74) is 3.11. The van der Waals surface area contributed by atoms with Crippen LogP contribution in [0.2, 0.25) is 0 Å². The van der Waals surface area contributed by atoms with Gasteiger partial charge in [0.2, 0.25) is 0 Å². The first-order valence-corrected chi connectivity index (χ1v) is 5.90. The van der Waals surface area contributed by atoms with Gasteiger partial charge in [0.15, 0.2) is 0 Å². The second-order valence-corrected chi connectivity index (χ2v) is 4.24. The molecule has 3 rings (SSSR count). The van der Waals surface area contributed by atoms with Crippen LogP contribution in [0.4, 0.5) is 5.69 Å². The molecule has 6 heteroatoms. The number of aryl methyl sites for hydroxylation is 1. The number of fused-ring (bicyclic) bond motifs is 1. The third-order valence-electron chi connectivity index (χ3n) is 2.80. The van der Waals surface area contributed by atoms with Crippen LogP contribution in [0.15, 0.2) is 42.7 Å². The third-order valence-corrected chi connectivity index (χ3v) is 2.80. The Morgan fingerprint density at radius 1 is 1.20 bits per heavy atom. The van der Waals surface area contributed by atoms with Gasteiger partial charge in [-0.05, 0) is 37.3 Å². The maximum absolute atomic E-state index is 12.0. The number of pyridine rings is 1. The van der Waals surface area contributed by atoms with Crippen molar-refractivity contribution >= 4 is 35.0 Å². The number of carbonyl (C=O) groups is 1. The SMILES string of the molecule is Cc1nc2ccc(NC(=O)c3ccncc3)cc2[nH]1.Cl. The lowest BCUT2D eigenvalue weighted by atomic mass is 10.2. The Hall–Kier alpha value is -2.40. The van der Waals surface area contributed by atoms with Gasteiger partial charge >= 0.3 is 0 Å². The van der Waals surface area contributed by atoms with E-state index in [9.17, 15) is 4.79 Å². The number of halogens is 1. The molecule has 1 aromatic carbocycles. The van der Waals surface area contributed by atoms with Crippen molar-refractivity contribution in [3.05, 3.63) is 54.1 Å². The average molecular weight is 289 g/mol. The Kier molecular flexibility index (Phi) is 4.00. The van der Waals surface area contributed by atoms with E-state index in [1.165, 1.54) is 0 Å². The minimum Gasteiger partial charge on any atom is -0.342 e. The molecule has 0 spiro atoms. The van der Waals surface area contributed by atoms with E-state index in [-0.39, 0.29) is 18.3 Å². The number of hydrogen-bond acceptors (Lipinski definition) is 3. The van der Waals surface area contributed by atoms with Crippen molar-refractivity contribution in [2.24, 2.45) is 0 Å². The van der Waals surface area contributed by atoms with Crippen molar-refractivity contribution in [2.45, 2.75) is 6.92 Å². The molecule has 0 saturated heterocycles. The number of aromatic nitrogens is 3. The topological polar surface area (TPSA) is 70.7 Å². The number of nitrogens with one attached hydrogen (secondary N) is 2. The van der Waals surface area contributed by atoms with Crippen molar-refractivity contribution in [1.82, 2.24) is 15.0 Å². The number of hydrogen-bond donors (Lipinski definition) is 2. The number of carbonyl (C=O) groups excluding carboxylic acids is 1. The highest BCUT2D eigenvalue weighted by Crippen LogP contribution is 2.17. The molecule has 0 aliphatic heterocycles. The Morgan fingerprint density at radius 2 is 1.95 bits per heavy atom. The van der Waals surface area contributed by atoms with Gasteiger partial charge in [-0.1, -0.05) is 0 Å². The number of imidazole rings is 1. The first-order valence-electron chi connectivity index (χ1n) is 5.90.